The Hall–Kier alpha value is -3.94. The molecule has 0 unspecified atom stereocenters. The molecule has 0 saturated heterocycles. The lowest BCUT2D eigenvalue weighted by Gasteiger charge is -2.08. The van der Waals surface area contributed by atoms with Crippen LogP contribution in [0, 0.1) is 13.8 Å². The molecule has 5 rings (SSSR count). The van der Waals surface area contributed by atoms with E-state index in [4.69, 9.17) is 0 Å². The van der Waals surface area contributed by atoms with Crippen molar-refractivity contribution >= 4 is 16.8 Å². The van der Waals surface area contributed by atoms with Crippen molar-refractivity contribution in [1.29, 1.82) is 0 Å². The minimum atomic E-state index is -0.297. The van der Waals surface area contributed by atoms with Gasteiger partial charge in [-0.2, -0.15) is 5.10 Å². The summed E-state index contributed by atoms with van der Waals surface area (Å²) >= 11 is 0. The Morgan fingerprint density at radius 1 is 0.903 bits per heavy atom. The zero-order chi connectivity index (χ0) is 21.7. The Labute approximate surface area is 177 Å². The second-order valence-electron chi connectivity index (χ2n) is 7.92. The van der Waals surface area contributed by atoms with Gasteiger partial charge < -0.3 is 0 Å². The first kappa shape index (κ1) is 19.0. The van der Waals surface area contributed by atoms with E-state index in [9.17, 15) is 9.59 Å². The monoisotopic (exact) mass is 414 g/mol. The molecule has 0 amide bonds. The maximum atomic E-state index is 13.3. The Kier molecular flexibility index (Phi) is 4.35. The van der Waals surface area contributed by atoms with Crippen LogP contribution in [0.3, 0.4) is 0 Å². The molecule has 0 aliphatic rings. The molecular weight excluding hydrogens is 392 g/mol. The van der Waals surface area contributed by atoms with Gasteiger partial charge in [0, 0.05) is 13.2 Å². The van der Waals surface area contributed by atoms with Crippen molar-refractivity contribution in [2.45, 2.75) is 26.9 Å². The summed E-state index contributed by atoms with van der Waals surface area (Å²) in [5, 5.41) is 8.89. The Morgan fingerprint density at radius 2 is 1.65 bits per heavy atom. The van der Waals surface area contributed by atoms with E-state index in [0.717, 1.165) is 22.3 Å². The first-order valence-electron chi connectivity index (χ1n) is 10.1. The molecule has 5 aromatic rings. The molecular formula is C23H22N6O2. The third-order valence-corrected chi connectivity index (χ3v) is 5.60. The second-order valence-corrected chi connectivity index (χ2v) is 7.92. The standard InChI is InChI=1S/C23H22N6O2/c1-15-8-10-17(11-9-15)12-27-21(30)20-19(14-26(3)24-20)29-22(27)25-28(23(29)31)13-18-7-5-4-6-16(18)2/h4-11,14H,12-13H2,1-3H3. The minimum absolute atomic E-state index is 0.250. The van der Waals surface area contributed by atoms with Crippen LogP contribution in [-0.2, 0) is 20.1 Å². The van der Waals surface area contributed by atoms with E-state index in [1.54, 1.807) is 17.9 Å². The van der Waals surface area contributed by atoms with Gasteiger partial charge in [0.05, 0.1) is 13.1 Å². The summed E-state index contributed by atoms with van der Waals surface area (Å²) < 4.78 is 5.97. The first-order valence-corrected chi connectivity index (χ1v) is 10.1. The SMILES string of the molecule is Cc1ccc(Cn2c(=O)c3nn(C)cc3n3c(=O)n(Cc4ccccc4C)nc23)cc1. The van der Waals surface area contributed by atoms with Gasteiger partial charge in [0.15, 0.2) is 5.52 Å². The fourth-order valence-electron chi connectivity index (χ4n) is 3.86. The number of rotatable bonds is 4. The predicted octanol–water partition coefficient (Wildman–Crippen LogP) is 2.26. The van der Waals surface area contributed by atoms with Crippen LogP contribution in [0.2, 0.25) is 0 Å². The van der Waals surface area contributed by atoms with E-state index in [0.29, 0.717) is 24.4 Å². The molecule has 0 bridgehead atoms. The zero-order valence-corrected chi connectivity index (χ0v) is 17.6. The Bertz CT molecular complexity index is 1550. The van der Waals surface area contributed by atoms with Gasteiger partial charge in [-0.05, 0) is 30.5 Å². The van der Waals surface area contributed by atoms with E-state index < -0.39 is 0 Å². The Morgan fingerprint density at radius 3 is 2.39 bits per heavy atom. The molecule has 156 valence electrons. The quantitative estimate of drug-likeness (QED) is 0.452. The predicted molar refractivity (Wildman–Crippen MR) is 119 cm³/mol. The van der Waals surface area contributed by atoms with Gasteiger partial charge >= 0.3 is 5.69 Å². The number of aromatic nitrogens is 6. The van der Waals surface area contributed by atoms with Gasteiger partial charge in [0.2, 0.25) is 5.78 Å². The molecule has 0 spiro atoms. The topological polar surface area (TPSA) is 79.1 Å². The van der Waals surface area contributed by atoms with Crippen molar-refractivity contribution in [3.63, 3.8) is 0 Å². The largest absolute Gasteiger partial charge is 0.352 e. The molecule has 0 atom stereocenters. The molecule has 0 fully saturated rings. The molecule has 8 nitrogen and oxygen atoms in total. The second kappa shape index (κ2) is 7.09. The van der Waals surface area contributed by atoms with Gasteiger partial charge in [-0.15, -0.1) is 5.10 Å². The average Bonchev–Trinajstić information content (AvgIpc) is 3.28. The summed E-state index contributed by atoms with van der Waals surface area (Å²) in [6.07, 6.45) is 1.68. The molecule has 0 aliphatic heterocycles. The van der Waals surface area contributed by atoms with Crippen LogP contribution in [0.15, 0.2) is 64.3 Å². The van der Waals surface area contributed by atoms with Gasteiger partial charge in [0.1, 0.15) is 5.52 Å². The number of benzene rings is 2. The molecule has 3 aromatic heterocycles. The highest BCUT2D eigenvalue weighted by Gasteiger charge is 2.20. The Balaban J connectivity index is 1.76. The summed E-state index contributed by atoms with van der Waals surface area (Å²) in [7, 11) is 1.73. The first-order chi connectivity index (χ1) is 14.9. The summed E-state index contributed by atoms with van der Waals surface area (Å²) in [4.78, 5) is 26.6. The lowest BCUT2D eigenvalue weighted by molar-refractivity contribution is 0.652. The van der Waals surface area contributed by atoms with Crippen molar-refractivity contribution in [3.8, 4) is 0 Å². The molecule has 0 N–H and O–H groups in total. The highest BCUT2D eigenvalue weighted by atomic mass is 16.2. The third-order valence-electron chi connectivity index (χ3n) is 5.60. The van der Waals surface area contributed by atoms with Crippen molar-refractivity contribution < 1.29 is 0 Å². The molecule has 8 heteroatoms. The maximum absolute atomic E-state index is 13.3. The molecule has 0 aliphatic carbocycles. The number of fused-ring (bicyclic) bond motifs is 3. The van der Waals surface area contributed by atoms with Crippen molar-refractivity contribution in [3.05, 3.63) is 97.8 Å². The summed E-state index contributed by atoms with van der Waals surface area (Å²) in [6, 6.07) is 15.8. The van der Waals surface area contributed by atoms with Gasteiger partial charge in [0.25, 0.3) is 5.56 Å². The molecule has 2 aromatic carbocycles. The van der Waals surface area contributed by atoms with Crippen LogP contribution >= 0.6 is 0 Å². The van der Waals surface area contributed by atoms with Crippen LogP contribution in [0.5, 0.6) is 0 Å². The number of aryl methyl sites for hydroxylation is 3. The van der Waals surface area contributed by atoms with Crippen LogP contribution in [0.1, 0.15) is 22.3 Å². The lowest BCUT2D eigenvalue weighted by Crippen LogP contribution is -2.26. The maximum Gasteiger partial charge on any atom is 0.352 e. The van der Waals surface area contributed by atoms with Crippen molar-refractivity contribution in [1.82, 2.24) is 28.5 Å². The molecule has 0 radical (unpaired) electrons. The van der Waals surface area contributed by atoms with E-state index in [-0.39, 0.29) is 16.8 Å². The molecule has 0 saturated carbocycles. The van der Waals surface area contributed by atoms with Gasteiger partial charge in [-0.3, -0.25) is 14.0 Å². The van der Waals surface area contributed by atoms with E-state index in [1.807, 2.05) is 62.4 Å². The normalized spacial score (nSPS) is 11.6. The smallest absolute Gasteiger partial charge is 0.273 e. The van der Waals surface area contributed by atoms with E-state index >= 15 is 0 Å². The summed E-state index contributed by atoms with van der Waals surface area (Å²) in [5.41, 5.74) is 4.32. The molecule has 31 heavy (non-hydrogen) atoms. The molecule has 3 heterocycles. The van der Waals surface area contributed by atoms with E-state index in [1.165, 1.54) is 13.6 Å². The zero-order valence-electron chi connectivity index (χ0n) is 17.6. The average molecular weight is 414 g/mol. The number of nitrogens with zero attached hydrogens (tertiary/aromatic N) is 6. The highest BCUT2D eigenvalue weighted by Crippen LogP contribution is 2.13. The fraction of sp³-hybridized carbons (Fsp3) is 0.217. The van der Waals surface area contributed by atoms with Crippen LogP contribution in [-0.4, -0.2) is 28.5 Å². The van der Waals surface area contributed by atoms with Crippen LogP contribution < -0.4 is 11.2 Å². The third kappa shape index (κ3) is 3.16. The van der Waals surface area contributed by atoms with Crippen LogP contribution in [0.25, 0.3) is 16.8 Å². The van der Waals surface area contributed by atoms with Gasteiger partial charge in [-0.1, -0.05) is 54.1 Å². The number of hydrogen-bond donors (Lipinski definition) is 0. The fourth-order valence-corrected chi connectivity index (χ4v) is 3.86. The number of hydrogen-bond acceptors (Lipinski definition) is 4. The summed E-state index contributed by atoms with van der Waals surface area (Å²) in [5.74, 6) is 0.310. The van der Waals surface area contributed by atoms with Gasteiger partial charge in [-0.25, -0.2) is 13.9 Å². The van der Waals surface area contributed by atoms with E-state index in [2.05, 4.69) is 10.2 Å². The summed E-state index contributed by atoms with van der Waals surface area (Å²) in [6.45, 7) is 4.65. The highest BCUT2D eigenvalue weighted by molar-refractivity contribution is 5.75. The lowest BCUT2D eigenvalue weighted by atomic mass is 10.1. The van der Waals surface area contributed by atoms with Crippen molar-refractivity contribution in [2.75, 3.05) is 0 Å². The van der Waals surface area contributed by atoms with Crippen molar-refractivity contribution in [2.24, 2.45) is 7.05 Å². The van der Waals surface area contributed by atoms with Crippen LogP contribution in [0.4, 0.5) is 0 Å². The minimum Gasteiger partial charge on any atom is -0.273 e.